The second-order valence-corrected chi connectivity index (χ2v) is 6.77. The highest BCUT2D eigenvalue weighted by atomic mass is 16.8. The van der Waals surface area contributed by atoms with Crippen LogP contribution in [-0.4, -0.2) is 43.1 Å². The van der Waals surface area contributed by atoms with Crippen molar-refractivity contribution in [3.05, 3.63) is 11.6 Å². The Kier molecular flexibility index (Phi) is 6.80. The van der Waals surface area contributed by atoms with Crippen molar-refractivity contribution in [2.24, 2.45) is 0 Å². The summed E-state index contributed by atoms with van der Waals surface area (Å²) >= 11 is 0. The highest BCUT2D eigenvalue weighted by Gasteiger charge is 2.42. The number of ether oxygens (including phenoxy) is 4. The van der Waals surface area contributed by atoms with Gasteiger partial charge >= 0.3 is 11.9 Å². The molecule has 2 atom stereocenters. The number of unbranched alkanes of at least 4 members (excludes halogenated alkanes) is 4. The molecule has 0 N–H and O–H groups in total. The van der Waals surface area contributed by atoms with Crippen molar-refractivity contribution in [3.63, 3.8) is 0 Å². The molecule has 0 aromatic rings. The molecule has 24 heavy (non-hydrogen) atoms. The van der Waals surface area contributed by atoms with Crippen LogP contribution in [0.25, 0.3) is 0 Å². The van der Waals surface area contributed by atoms with E-state index in [9.17, 15) is 9.59 Å². The van der Waals surface area contributed by atoms with Crippen molar-refractivity contribution < 1.29 is 28.5 Å². The average molecular weight is 340 g/mol. The largest absolute Gasteiger partial charge is 0.458 e. The SMILES string of the molecule is CCCCCCCC(=O)O[C@@H](C1=CC(=O)OC1)[C@H]1COC(C)(C)O1. The minimum Gasteiger partial charge on any atom is -0.458 e. The molecule has 136 valence electrons. The molecular weight excluding hydrogens is 312 g/mol. The molecule has 2 aliphatic rings. The number of carbonyl (C=O) groups excluding carboxylic acids is 2. The quantitative estimate of drug-likeness (QED) is 0.475. The Morgan fingerprint density at radius 3 is 2.67 bits per heavy atom. The lowest BCUT2D eigenvalue weighted by Crippen LogP contribution is -2.36. The molecule has 0 aromatic carbocycles. The maximum Gasteiger partial charge on any atom is 0.331 e. The molecule has 1 fully saturated rings. The second-order valence-electron chi connectivity index (χ2n) is 6.77. The van der Waals surface area contributed by atoms with E-state index < -0.39 is 24.0 Å². The Morgan fingerprint density at radius 1 is 1.33 bits per heavy atom. The molecule has 6 heteroatoms. The molecular formula is C18H28O6. The lowest BCUT2D eigenvalue weighted by molar-refractivity contribution is -0.167. The summed E-state index contributed by atoms with van der Waals surface area (Å²) in [7, 11) is 0. The van der Waals surface area contributed by atoms with Crippen LogP contribution in [0.15, 0.2) is 11.6 Å². The van der Waals surface area contributed by atoms with Gasteiger partial charge in [-0.1, -0.05) is 32.6 Å². The van der Waals surface area contributed by atoms with Gasteiger partial charge in [-0.05, 0) is 20.3 Å². The maximum atomic E-state index is 12.2. The van der Waals surface area contributed by atoms with Gasteiger partial charge in [0.2, 0.25) is 0 Å². The van der Waals surface area contributed by atoms with Crippen LogP contribution in [0.1, 0.15) is 59.3 Å². The smallest absolute Gasteiger partial charge is 0.331 e. The third kappa shape index (κ3) is 5.60. The molecule has 6 nitrogen and oxygen atoms in total. The second kappa shape index (κ2) is 8.62. The van der Waals surface area contributed by atoms with Gasteiger partial charge in [0.25, 0.3) is 0 Å². The molecule has 1 saturated heterocycles. The van der Waals surface area contributed by atoms with E-state index in [1.165, 1.54) is 18.9 Å². The normalized spacial score (nSPS) is 23.7. The van der Waals surface area contributed by atoms with Gasteiger partial charge in [0.15, 0.2) is 11.9 Å². The van der Waals surface area contributed by atoms with E-state index in [2.05, 4.69) is 6.92 Å². The van der Waals surface area contributed by atoms with Crippen molar-refractivity contribution in [2.45, 2.75) is 77.3 Å². The summed E-state index contributed by atoms with van der Waals surface area (Å²) in [5, 5.41) is 0. The molecule has 2 rings (SSSR count). The van der Waals surface area contributed by atoms with Crippen LogP contribution in [0, 0.1) is 0 Å². The van der Waals surface area contributed by atoms with E-state index in [0.717, 1.165) is 19.3 Å². The zero-order chi connectivity index (χ0) is 17.6. The van der Waals surface area contributed by atoms with Gasteiger partial charge in [0, 0.05) is 18.1 Å². The first-order valence-corrected chi connectivity index (χ1v) is 8.80. The van der Waals surface area contributed by atoms with Crippen LogP contribution < -0.4 is 0 Å². The summed E-state index contributed by atoms with van der Waals surface area (Å²) in [5.41, 5.74) is 0.630. The van der Waals surface area contributed by atoms with Gasteiger partial charge in [-0.15, -0.1) is 0 Å². The number of hydrogen-bond donors (Lipinski definition) is 0. The van der Waals surface area contributed by atoms with Gasteiger partial charge in [-0.25, -0.2) is 4.79 Å². The fourth-order valence-electron chi connectivity index (χ4n) is 2.88. The third-order valence-electron chi connectivity index (χ3n) is 4.16. The van der Waals surface area contributed by atoms with Crippen molar-refractivity contribution in [3.8, 4) is 0 Å². The van der Waals surface area contributed by atoms with Crippen LogP contribution in [0.3, 0.4) is 0 Å². The number of cyclic esters (lactones) is 1. The number of esters is 2. The minimum absolute atomic E-state index is 0.133. The standard InChI is InChI=1S/C18H28O6/c1-4-5-6-7-8-9-15(19)23-17(13-10-16(20)21-11-13)14-12-22-18(2,3)24-14/h10,14,17H,4-9,11-12H2,1-3H3/t14-,17+/m1/s1. The van der Waals surface area contributed by atoms with Crippen LogP contribution >= 0.6 is 0 Å². The van der Waals surface area contributed by atoms with Crippen molar-refractivity contribution in [1.29, 1.82) is 0 Å². The van der Waals surface area contributed by atoms with Crippen LogP contribution in [0.2, 0.25) is 0 Å². The summed E-state index contributed by atoms with van der Waals surface area (Å²) in [6.07, 6.45) is 6.02. The number of hydrogen-bond acceptors (Lipinski definition) is 6. The van der Waals surface area contributed by atoms with E-state index in [4.69, 9.17) is 18.9 Å². The molecule has 2 heterocycles. The van der Waals surface area contributed by atoms with Crippen LogP contribution in [0.5, 0.6) is 0 Å². The van der Waals surface area contributed by atoms with Gasteiger partial charge in [-0.2, -0.15) is 0 Å². The lowest BCUT2D eigenvalue weighted by atomic mass is 10.1. The first-order valence-electron chi connectivity index (χ1n) is 8.80. The van der Waals surface area contributed by atoms with Crippen molar-refractivity contribution >= 4 is 11.9 Å². The van der Waals surface area contributed by atoms with Gasteiger partial charge in [0.05, 0.1) is 6.61 Å². The Bertz CT molecular complexity index is 482. The Morgan fingerprint density at radius 2 is 2.08 bits per heavy atom. The van der Waals surface area contributed by atoms with E-state index >= 15 is 0 Å². The summed E-state index contributed by atoms with van der Waals surface area (Å²) in [5.74, 6) is -1.41. The molecule has 0 aliphatic carbocycles. The van der Waals surface area contributed by atoms with Gasteiger partial charge in [0.1, 0.15) is 12.7 Å². The lowest BCUT2D eigenvalue weighted by Gasteiger charge is -2.24. The fraction of sp³-hybridized carbons (Fsp3) is 0.778. The molecule has 0 amide bonds. The predicted octanol–water partition coefficient (Wildman–Crippen LogP) is 2.89. The van der Waals surface area contributed by atoms with E-state index in [1.807, 2.05) is 13.8 Å². The first kappa shape index (κ1) is 18.9. The molecule has 0 unspecified atom stereocenters. The predicted molar refractivity (Wildman–Crippen MR) is 87.2 cm³/mol. The Hall–Kier alpha value is -1.40. The highest BCUT2D eigenvalue weighted by Crippen LogP contribution is 2.29. The maximum absolute atomic E-state index is 12.2. The summed E-state index contributed by atoms with van der Waals surface area (Å²) in [4.78, 5) is 23.5. The van der Waals surface area contributed by atoms with E-state index in [-0.39, 0.29) is 12.6 Å². The summed E-state index contributed by atoms with van der Waals surface area (Å²) in [6, 6.07) is 0. The first-order chi connectivity index (χ1) is 11.4. The van der Waals surface area contributed by atoms with Gasteiger partial charge in [-0.3, -0.25) is 4.79 Å². The summed E-state index contributed by atoms with van der Waals surface area (Å²) in [6.45, 7) is 6.22. The Balaban J connectivity index is 1.90. The molecule has 0 radical (unpaired) electrons. The zero-order valence-corrected chi connectivity index (χ0v) is 14.8. The average Bonchev–Trinajstić information content (AvgIpc) is 3.10. The van der Waals surface area contributed by atoms with Crippen molar-refractivity contribution in [2.75, 3.05) is 13.2 Å². The van der Waals surface area contributed by atoms with E-state index in [1.54, 1.807) is 0 Å². The highest BCUT2D eigenvalue weighted by molar-refractivity contribution is 5.85. The minimum atomic E-state index is -0.723. The zero-order valence-electron chi connectivity index (χ0n) is 14.8. The molecule has 2 aliphatic heterocycles. The molecule has 0 saturated carbocycles. The Labute approximate surface area is 143 Å². The molecule has 0 bridgehead atoms. The number of carbonyl (C=O) groups is 2. The monoisotopic (exact) mass is 340 g/mol. The molecule has 0 spiro atoms. The van der Waals surface area contributed by atoms with E-state index in [0.29, 0.717) is 18.6 Å². The van der Waals surface area contributed by atoms with Gasteiger partial charge < -0.3 is 18.9 Å². The third-order valence-corrected chi connectivity index (χ3v) is 4.16. The van der Waals surface area contributed by atoms with Crippen LogP contribution in [-0.2, 0) is 28.5 Å². The van der Waals surface area contributed by atoms with Crippen molar-refractivity contribution in [1.82, 2.24) is 0 Å². The topological polar surface area (TPSA) is 71.1 Å². The fourth-order valence-corrected chi connectivity index (χ4v) is 2.88. The van der Waals surface area contributed by atoms with Crippen LogP contribution in [0.4, 0.5) is 0 Å². The number of rotatable bonds is 9. The molecule has 0 aromatic heterocycles. The summed E-state index contributed by atoms with van der Waals surface area (Å²) < 4.78 is 21.9.